The minimum atomic E-state index is 0.206. The molecule has 0 bridgehead atoms. The monoisotopic (exact) mass is 321 g/mol. The molecule has 112 valence electrons. The molecule has 1 saturated heterocycles. The number of nitrogens with two attached hydrogens (primary N) is 1. The van der Waals surface area contributed by atoms with Crippen LogP contribution < -0.4 is 10.6 Å². The molecule has 2 aliphatic rings. The van der Waals surface area contributed by atoms with Crippen molar-refractivity contribution in [3.63, 3.8) is 0 Å². The van der Waals surface area contributed by atoms with Crippen LogP contribution in [0.2, 0.25) is 5.02 Å². The molecule has 0 spiro atoms. The second kappa shape index (κ2) is 6.42. The van der Waals surface area contributed by atoms with Gasteiger partial charge in [-0.2, -0.15) is 0 Å². The summed E-state index contributed by atoms with van der Waals surface area (Å²) in [7, 11) is 0. The molecule has 0 radical (unpaired) electrons. The first-order chi connectivity index (χ1) is 10.1. The Hall–Kier alpha value is -0.970. The van der Waals surface area contributed by atoms with E-state index in [1.807, 2.05) is 18.3 Å². The average Bonchev–Trinajstić information content (AvgIpc) is 2.95. The van der Waals surface area contributed by atoms with Gasteiger partial charge in [-0.3, -0.25) is 4.99 Å². The average molecular weight is 322 g/mol. The molecule has 0 aromatic heterocycles. The lowest BCUT2D eigenvalue weighted by Gasteiger charge is -2.37. The summed E-state index contributed by atoms with van der Waals surface area (Å²) in [5.74, 6) is 1.39. The highest BCUT2D eigenvalue weighted by Gasteiger charge is 2.25. The zero-order chi connectivity index (χ0) is 14.8. The fourth-order valence-corrected chi connectivity index (χ4v) is 3.75. The number of para-hydroxylation sites is 1. The molecule has 2 aliphatic heterocycles. The molecule has 2 unspecified atom stereocenters. The van der Waals surface area contributed by atoms with Gasteiger partial charge >= 0.3 is 0 Å². The maximum absolute atomic E-state index is 6.48. The summed E-state index contributed by atoms with van der Waals surface area (Å²) in [5, 5.41) is 0.797. The van der Waals surface area contributed by atoms with Crippen molar-refractivity contribution < 1.29 is 0 Å². The predicted octanol–water partition coefficient (Wildman–Crippen LogP) is 3.63. The fourth-order valence-electron chi connectivity index (χ4n) is 2.79. The highest BCUT2D eigenvalue weighted by molar-refractivity contribution is 8.04. The fraction of sp³-hybridized carbons (Fsp3) is 0.438. The van der Waals surface area contributed by atoms with Crippen molar-refractivity contribution in [2.24, 2.45) is 16.6 Å². The Morgan fingerprint density at radius 2 is 2.33 bits per heavy atom. The maximum atomic E-state index is 6.48. The minimum absolute atomic E-state index is 0.206. The largest absolute Gasteiger partial charge is 0.368 e. The van der Waals surface area contributed by atoms with E-state index < -0.39 is 0 Å². The summed E-state index contributed by atoms with van der Waals surface area (Å²) >= 11 is 8.23. The zero-order valence-corrected chi connectivity index (χ0v) is 13.7. The Morgan fingerprint density at radius 3 is 3.05 bits per heavy atom. The van der Waals surface area contributed by atoms with E-state index in [0.29, 0.717) is 5.92 Å². The van der Waals surface area contributed by atoms with Crippen molar-refractivity contribution >= 4 is 41.3 Å². The molecular formula is C16H20ClN3S. The minimum Gasteiger partial charge on any atom is -0.368 e. The van der Waals surface area contributed by atoms with Crippen LogP contribution in [-0.4, -0.2) is 31.2 Å². The van der Waals surface area contributed by atoms with Gasteiger partial charge in [-0.25, -0.2) is 0 Å². The standard InChI is InChI=1S/C16H20ClN3S/c1-11-5-6-20(9-15(11)18)16-12(3-2-4-14(16)17)7-13-8-19-10-21-13/h2-4,7-8,11,15H,5-6,9-10,18H2,1H3. The van der Waals surface area contributed by atoms with Gasteiger partial charge in [-0.05, 0) is 24.5 Å². The van der Waals surface area contributed by atoms with Crippen molar-refractivity contribution in [1.82, 2.24) is 0 Å². The molecule has 5 heteroatoms. The van der Waals surface area contributed by atoms with Gasteiger partial charge < -0.3 is 10.6 Å². The molecule has 0 amide bonds. The first-order valence-electron chi connectivity index (χ1n) is 7.28. The third-order valence-corrected chi connectivity index (χ3v) is 5.31. The van der Waals surface area contributed by atoms with Gasteiger partial charge in [0.1, 0.15) is 0 Å². The number of rotatable bonds is 2. The summed E-state index contributed by atoms with van der Waals surface area (Å²) in [6.45, 7) is 4.10. The van der Waals surface area contributed by atoms with E-state index in [1.54, 1.807) is 11.8 Å². The van der Waals surface area contributed by atoms with Gasteiger partial charge in [0.15, 0.2) is 0 Å². The smallest absolute Gasteiger partial charge is 0.0891 e. The Morgan fingerprint density at radius 1 is 1.48 bits per heavy atom. The van der Waals surface area contributed by atoms with Crippen molar-refractivity contribution in [1.29, 1.82) is 0 Å². The van der Waals surface area contributed by atoms with Crippen molar-refractivity contribution in [2.45, 2.75) is 19.4 Å². The van der Waals surface area contributed by atoms with E-state index in [-0.39, 0.29) is 6.04 Å². The molecule has 1 fully saturated rings. The summed E-state index contributed by atoms with van der Waals surface area (Å²) in [6, 6.07) is 6.28. The molecule has 1 aromatic rings. The van der Waals surface area contributed by atoms with E-state index in [9.17, 15) is 0 Å². The summed E-state index contributed by atoms with van der Waals surface area (Å²) in [6.07, 6.45) is 5.21. The number of nitrogens with zero attached hydrogens (tertiary/aromatic N) is 2. The van der Waals surface area contributed by atoms with Crippen LogP contribution in [0.15, 0.2) is 28.1 Å². The van der Waals surface area contributed by atoms with Crippen molar-refractivity contribution in [3.8, 4) is 0 Å². The highest BCUT2D eigenvalue weighted by atomic mass is 35.5. The number of aliphatic imine (C=N–C) groups is 1. The molecule has 2 N–H and O–H groups in total. The van der Waals surface area contributed by atoms with Gasteiger partial charge in [0, 0.05) is 35.8 Å². The second-order valence-corrected chi connectivity index (χ2v) is 7.11. The molecule has 1 aromatic carbocycles. The Bertz CT molecular complexity index is 585. The number of hydrogen-bond donors (Lipinski definition) is 1. The lowest BCUT2D eigenvalue weighted by molar-refractivity contribution is 0.379. The van der Waals surface area contributed by atoms with Crippen molar-refractivity contribution in [3.05, 3.63) is 33.7 Å². The number of benzene rings is 1. The van der Waals surface area contributed by atoms with Crippen molar-refractivity contribution in [2.75, 3.05) is 23.9 Å². The van der Waals surface area contributed by atoms with Gasteiger partial charge in [0.25, 0.3) is 0 Å². The number of hydrogen-bond acceptors (Lipinski definition) is 4. The van der Waals surface area contributed by atoms with Gasteiger partial charge in [-0.1, -0.05) is 30.7 Å². The van der Waals surface area contributed by atoms with Crippen LogP contribution in [0.25, 0.3) is 6.08 Å². The first kappa shape index (κ1) is 14.9. The Labute approximate surface area is 135 Å². The molecule has 0 aliphatic carbocycles. The van der Waals surface area contributed by atoms with Crippen LogP contribution in [0.5, 0.6) is 0 Å². The van der Waals surface area contributed by atoms with Crippen LogP contribution in [0.3, 0.4) is 0 Å². The molecule has 0 saturated carbocycles. The van der Waals surface area contributed by atoms with Gasteiger partial charge in [-0.15, -0.1) is 11.8 Å². The van der Waals surface area contributed by atoms with Crippen LogP contribution >= 0.6 is 23.4 Å². The lowest BCUT2D eigenvalue weighted by atomic mass is 9.93. The Balaban J connectivity index is 1.93. The molecular weight excluding hydrogens is 302 g/mol. The van der Waals surface area contributed by atoms with Gasteiger partial charge in [0.05, 0.1) is 16.6 Å². The Kier molecular flexibility index (Phi) is 4.57. The van der Waals surface area contributed by atoms with Crippen LogP contribution in [0.4, 0.5) is 5.69 Å². The normalized spacial score (nSPS) is 27.6. The number of thioether (sulfide) groups is 1. The van der Waals surface area contributed by atoms with Crippen LogP contribution in [-0.2, 0) is 0 Å². The van der Waals surface area contributed by atoms with Crippen LogP contribution in [0, 0.1) is 5.92 Å². The highest BCUT2D eigenvalue weighted by Crippen LogP contribution is 2.35. The van der Waals surface area contributed by atoms with Crippen LogP contribution in [0.1, 0.15) is 18.9 Å². The van der Waals surface area contributed by atoms with Gasteiger partial charge in [0.2, 0.25) is 0 Å². The van der Waals surface area contributed by atoms with E-state index >= 15 is 0 Å². The quantitative estimate of drug-likeness (QED) is 0.904. The third kappa shape index (κ3) is 3.28. The molecule has 3 nitrogen and oxygen atoms in total. The van der Waals surface area contributed by atoms with E-state index in [1.165, 1.54) is 4.91 Å². The zero-order valence-electron chi connectivity index (χ0n) is 12.1. The molecule has 3 rings (SSSR count). The third-order valence-electron chi connectivity index (χ3n) is 4.17. The van der Waals surface area contributed by atoms with E-state index in [4.69, 9.17) is 17.3 Å². The maximum Gasteiger partial charge on any atom is 0.0891 e. The number of halogens is 1. The number of allylic oxidation sites excluding steroid dienone is 1. The van der Waals surface area contributed by atoms with E-state index in [2.05, 4.69) is 29.0 Å². The number of piperidine rings is 1. The lowest BCUT2D eigenvalue weighted by Crippen LogP contribution is -2.47. The second-order valence-electron chi connectivity index (χ2n) is 5.69. The topological polar surface area (TPSA) is 41.6 Å². The first-order valence-corrected chi connectivity index (χ1v) is 8.65. The summed E-state index contributed by atoms with van der Waals surface area (Å²) < 4.78 is 0. The molecule has 21 heavy (non-hydrogen) atoms. The molecule has 2 atom stereocenters. The predicted molar refractivity (Wildman–Crippen MR) is 94.3 cm³/mol. The summed E-state index contributed by atoms with van der Waals surface area (Å²) in [5.41, 5.74) is 8.50. The summed E-state index contributed by atoms with van der Waals surface area (Å²) in [4.78, 5) is 7.77. The van der Waals surface area contributed by atoms with E-state index in [0.717, 1.165) is 41.7 Å². The SMILES string of the molecule is CC1CCN(c2c(Cl)cccc2C=C2C=NCS2)CC1N. The molecule has 2 heterocycles. The number of anilines is 1.